The zero-order valence-corrected chi connectivity index (χ0v) is 11.8. The highest BCUT2D eigenvalue weighted by molar-refractivity contribution is 8.01. The van der Waals surface area contributed by atoms with E-state index >= 15 is 0 Å². The summed E-state index contributed by atoms with van der Waals surface area (Å²) in [5, 5.41) is 12.9. The molecule has 3 N–H and O–H groups in total. The Balaban J connectivity index is 4.09. The predicted octanol–water partition coefficient (Wildman–Crippen LogP) is 1.06. The van der Waals surface area contributed by atoms with Crippen LogP contribution in [0.2, 0.25) is 0 Å². The number of carbonyl (C=O) groups excluding carboxylic acids is 2. The molecule has 0 radical (unpaired) electrons. The van der Waals surface area contributed by atoms with Crippen molar-refractivity contribution < 1.29 is 19.5 Å². The van der Waals surface area contributed by atoms with Gasteiger partial charge in [-0.25, -0.2) is 4.79 Å². The Kier molecular flexibility index (Phi) is 7.42. The number of imide groups is 1. The summed E-state index contributed by atoms with van der Waals surface area (Å²) < 4.78 is 0. The van der Waals surface area contributed by atoms with E-state index in [0.29, 0.717) is 0 Å². The van der Waals surface area contributed by atoms with Crippen molar-refractivity contribution in [1.82, 2.24) is 10.6 Å². The predicted molar refractivity (Wildman–Crippen MR) is 70.5 cm³/mol. The van der Waals surface area contributed by atoms with Gasteiger partial charge in [-0.1, -0.05) is 13.8 Å². The Morgan fingerprint density at radius 1 is 1.17 bits per heavy atom. The zero-order chi connectivity index (χ0) is 14.3. The Bertz CT molecular complexity index is 318. The molecule has 1 unspecified atom stereocenters. The van der Waals surface area contributed by atoms with Crippen molar-refractivity contribution in [2.45, 2.75) is 39.0 Å². The quantitative estimate of drug-likeness (QED) is 0.674. The molecule has 0 aliphatic heterocycles. The summed E-state index contributed by atoms with van der Waals surface area (Å²) in [5.41, 5.74) is 0. The second-order valence-electron chi connectivity index (χ2n) is 4.49. The van der Waals surface area contributed by atoms with E-state index in [-0.39, 0.29) is 17.7 Å². The van der Waals surface area contributed by atoms with E-state index in [9.17, 15) is 14.4 Å². The first-order valence-corrected chi connectivity index (χ1v) is 6.73. The molecule has 0 aromatic carbocycles. The molecule has 3 amide bonds. The monoisotopic (exact) mass is 276 g/mol. The minimum atomic E-state index is -0.950. The highest BCUT2D eigenvalue weighted by Crippen LogP contribution is 2.19. The number of carboxylic acid groups (broad SMARTS) is 1. The van der Waals surface area contributed by atoms with Gasteiger partial charge in [0, 0.05) is 6.04 Å². The lowest BCUT2D eigenvalue weighted by molar-refractivity contribution is -0.137. The first kappa shape index (κ1) is 16.8. The van der Waals surface area contributed by atoms with Gasteiger partial charge in [-0.15, -0.1) is 11.8 Å². The highest BCUT2D eigenvalue weighted by Gasteiger charge is 2.23. The second-order valence-corrected chi connectivity index (χ2v) is 5.62. The summed E-state index contributed by atoms with van der Waals surface area (Å²) in [6.07, 6.45) is 0. The standard InChI is InChI=1S/C11H20N2O4S/c1-6(2)9(10(15)16)18-5-8(14)13-11(17)12-7(3)4/h6-7,9H,5H2,1-4H3,(H,15,16)(H2,12,13,14,17). The van der Waals surface area contributed by atoms with Crippen molar-refractivity contribution in [2.75, 3.05) is 5.75 Å². The number of nitrogens with one attached hydrogen (secondary N) is 2. The molecule has 6 nitrogen and oxygen atoms in total. The molecule has 0 aromatic heterocycles. The molecule has 1 atom stereocenters. The summed E-state index contributed by atoms with van der Waals surface area (Å²) in [7, 11) is 0. The van der Waals surface area contributed by atoms with Crippen LogP contribution in [0.5, 0.6) is 0 Å². The zero-order valence-electron chi connectivity index (χ0n) is 11.0. The van der Waals surface area contributed by atoms with Crippen molar-refractivity contribution in [1.29, 1.82) is 0 Å². The smallest absolute Gasteiger partial charge is 0.321 e. The minimum Gasteiger partial charge on any atom is -0.480 e. The highest BCUT2D eigenvalue weighted by atomic mass is 32.2. The van der Waals surface area contributed by atoms with Gasteiger partial charge in [0.25, 0.3) is 0 Å². The molecule has 0 saturated heterocycles. The van der Waals surface area contributed by atoms with E-state index in [1.165, 1.54) is 0 Å². The third-order valence-electron chi connectivity index (χ3n) is 1.92. The SMILES string of the molecule is CC(C)NC(=O)NC(=O)CSC(C(=O)O)C(C)C. The summed E-state index contributed by atoms with van der Waals surface area (Å²) in [4.78, 5) is 33.5. The second kappa shape index (κ2) is 7.97. The number of aliphatic carboxylic acids is 1. The molecule has 104 valence electrons. The first-order chi connectivity index (χ1) is 8.23. The molecule has 0 aliphatic rings. The van der Waals surface area contributed by atoms with Gasteiger partial charge in [0.15, 0.2) is 0 Å². The van der Waals surface area contributed by atoms with E-state index in [2.05, 4.69) is 10.6 Å². The fourth-order valence-electron chi connectivity index (χ4n) is 1.18. The fourth-order valence-corrected chi connectivity index (χ4v) is 2.11. The van der Waals surface area contributed by atoms with Gasteiger partial charge in [0.2, 0.25) is 5.91 Å². The molecule has 0 bridgehead atoms. The fraction of sp³-hybridized carbons (Fsp3) is 0.727. The van der Waals surface area contributed by atoms with Gasteiger partial charge in [-0.3, -0.25) is 14.9 Å². The largest absolute Gasteiger partial charge is 0.480 e. The molecule has 0 aliphatic carbocycles. The van der Waals surface area contributed by atoms with E-state index in [1.807, 2.05) is 0 Å². The lowest BCUT2D eigenvalue weighted by Crippen LogP contribution is -2.43. The van der Waals surface area contributed by atoms with Crippen LogP contribution < -0.4 is 10.6 Å². The Morgan fingerprint density at radius 2 is 1.72 bits per heavy atom. The third-order valence-corrected chi connectivity index (χ3v) is 3.45. The number of hydrogen-bond donors (Lipinski definition) is 3. The summed E-state index contributed by atoms with van der Waals surface area (Å²) >= 11 is 1.02. The first-order valence-electron chi connectivity index (χ1n) is 5.68. The van der Waals surface area contributed by atoms with Crippen molar-refractivity contribution in [3.63, 3.8) is 0 Å². The van der Waals surface area contributed by atoms with Gasteiger partial charge in [0.1, 0.15) is 5.25 Å². The van der Waals surface area contributed by atoms with Crippen LogP contribution in [0.25, 0.3) is 0 Å². The van der Waals surface area contributed by atoms with Crippen LogP contribution in [-0.4, -0.2) is 40.1 Å². The topological polar surface area (TPSA) is 95.5 Å². The summed E-state index contributed by atoms with van der Waals surface area (Å²) in [5.74, 6) is -1.58. The van der Waals surface area contributed by atoms with Crippen LogP contribution in [0, 0.1) is 5.92 Å². The summed E-state index contributed by atoms with van der Waals surface area (Å²) in [6, 6.07) is -0.625. The minimum absolute atomic E-state index is 0.0549. The van der Waals surface area contributed by atoms with Crippen LogP contribution in [0.4, 0.5) is 4.79 Å². The maximum atomic E-state index is 11.4. The van der Waals surface area contributed by atoms with E-state index < -0.39 is 23.2 Å². The molecular formula is C11H20N2O4S. The molecule has 0 aromatic rings. The van der Waals surface area contributed by atoms with Gasteiger partial charge in [-0.2, -0.15) is 0 Å². The van der Waals surface area contributed by atoms with Crippen LogP contribution >= 0.6 is 11.8 Å². The van der Waals surface area contributed by atoms with E-state index in [4.69, 9.17) is 5.11 Å². The number of rotatable bonds is 6. The lowest BCUT2D eigenvalue weighted by atomic mass is 10.1. The Morgan fingerprint density at radius 3 is 2.11 bits per heavy atom. The molecule has 0 spiro atoms. The van der Waals surface area contributed by atoms with Crippen LogP contribution in [0.15, 0.2) is 0 Å². The van der Waals surface area contributed by atoms with Crippen molar-refractivity contribution >= 4 is 29.7 Å². The van der Waals surface area contributed by atoms with E-state index in [1.54, 1.807) is 27.7 Å². The Labute approximate surface area is 111 Å². The number of hydrogen-bond acceptors (Lipinski definition) is 4. The van der Waals surface area contributed by atoms with E-state index in [0.717, 1.165) is 11.8 Å². The maximum Gasteiger partial charge on any atom is 0.321 e. The molecule has 7 heteroatoms. The average Bonchev–Trinajstić information content (AvgIpc) is 2.14. The number of carboxylic acids is 1. The molecule has 0 saturated carbocycles. The lowest BCUT2D eigenvalue weighted by Gasteiger charge is -2.15. The molecule has 0 heterocycles. The van der Waals surface area contributed by atoms with Gasteiger partial charge in [0.05, 0.1) is 5.75 Å². The van der Waals surface area contributed by atoms with Crippen molar-refractivity contribution in [3.8, 4) is 0 Å². The molecular weight excluding hydrogens is 256 g/mol. The third kappa shape index (κ3) is 7.16. The number of thioether (sulfide) groups is 1. The number of urea groups is 1. The van der Waals surface area contributed by atoms with Crippen LogP contribution in [0.3, 0.4) is 0 Å². The van der Waals surface area contributed by atoms with Gasteiger partial charge < -0.3 is 10.4 Å². The Hall–Kier alpha value is -1.24. The van der Waals surface area contributed by atoms with Crippen molar-refractivity contribution in [3.05, 3.63) is 0 Å². The summed E-state index contributed by atoms with van der Waals surface area (Å²) in [6.45, 7) is 7.10. The average molecular weight is 276 g/mol. The molecule has 0 fully saturated rings. The van der Waals surface area contributed by atoms with Crippen molar-refractivity contribution in [2.24, 2.45) is 5.92 Å². The maximum absolute atomic E-state index is 11.4. The molecule has 0 rings (SSSR count). The van der Waals surface area contributed by atoms with Gasteiger partial charge >= 0.3 is 12.0 Å². The normalized spacial score (nSPS) is 12.3. The van der Waals surface area contributed by atoms with Gasteiger partial charge in [-0.05, 0) is 19.8 Å². The number of carbonyl (C=O) groups is 3. The van der Waals surface area contributed by atoms with Crippen LogP contribution in [0.1, 0.15) is 27.7 Å². The van der Waals surface area contributed by atoms with Crippen LogP contribution in [-0.2, 0) is 9.59 Å². The molecule has 18 heavy (non-hydrogen) atoms. The number of amides is 3.